The Morgan fingerprint density at radius 2 is 2.00 bits per heavy atom. The van der Waals surface area contributed by atoms with E-state index >= 15 is 0 Å². The van der Waals surface area contributed by atoms with E-state index in [4.69, 9.17) is 4.74 Å². The van der Waals surface area contributed by atoms with Crippen LogP contribution in [0.25, 0.3) is 0 Å². The second-order valence-corrected chi connectivity index (χ2v) is 6.58. The number of amides is 1. The third-order valence-corrected chi connectivity index (χ3v) is 4.91. The molecule has 7 heteroatoms. The first-order chi connectivity index (χ1) is 11.7. The number of ether oxygens (including phenoxy) is 1. The molecule has 2 heterocycles. The molecule has 0 aliphatic carbocycles. The Hall–Kier alpha value is -2.12. The van der Waals surface area contributed by atoms with Crippen LogP contribution in [0.4, 0.5) is 5.13 Å². The Balaban J connectivity index is 1.39. The molecule has 0 spiro atoms. The molecule has 6 nitrogen and oxygen atoms in total. The van der Waals surface area contributed by atoms with Gasteiger partial charge in [-0.25, -0.2) is 4.98 Å². The third-order valence-electron chi connectivity index (χ3n) is 4.08. The highest BCUT2D eigenvalue weighted by atomic mass is 32.1. The summed E-state index contributed by atoms with van der Waals surface area (Å²) in [6.07, 6.45) is 1.83. The number of carbonyl (C=O) groups excluding carboxylic acids is 1. The lowest BCUT2D eigenvalue weighted by atomic mass is 10.2. The first-order valence-corrected chi connectivity index (χ1v) is 8.89. The molecule has 0 radical (unpaired) electrons. The van der Waals surface area contributed by atoms with Crippen molar-refractivity contribution in [1.29, 1.82) is 0 Å². The van der Waals surface area contributed by atoms with Crippen molar-refractivity contribution in [2.75, 3.05) is 44.7 Å². The zero-order valence-corrected chi connectivity index (χ0v) is 14.6. The zero-order valence-electron chi connectivity index (χ0n) is 13.8. The van der Waals surface area contributed by atoms with Crippen molar-refractivity contribution in [2.24, 2.45) is 0 Å². The number of carbonyl (C=O) groups is 1. The molecule has 1 aromatic carbocycles. The molecule has 0 atom stereocenters. The van der Waals surface area contributed by atoms with Crippen LogP contribution in [0.15, 0.2) is 35.8 Å². The van der Waals surface area contributed by atoms with Crippen molar-refractivity contribution >= 4 is 22.4 Å². The van der Waals surface area contributed by atoms with Crippen LogP contribution in [0.2, 0.25) is 0 Å². The number of thiazole rings is 1. The van der Waals surface area contributed by atoms with E-state index < -0.39 is 0 Å². The smallest absolute Gasteiger partial charge is 0.234 e. The number of nitrogens with zero attached hydrogens (tertiary/aromatic N) is 3. The molecule has 1 N–H and O–H groups in total. The highest BCUT2D eigenvalue weighted by molar-refractivity contribution is 7.13. The number of anilines is 1. The standard InChI is InChI=1S/C17H22N4O2S/c1-23-15-4-2-14(3-5-15)12-19-16(22)13-20-7-9-21(10-8-20)17-18-6-11-24-17/h2-6,11H,7-10,12-13H2,1H3,(H,19,22). The van der Waals surface area contributed by atoms with Crippen LogP contribution in [0.5, 0.6) is 5.75 Å². The van der Waals surface area contributed by atoms with Gasteiger partial charge < -0.3 is 15.0 Å². The van der Waals surface area contributed by atoms with Crippen LogP contribution in [0.3, 0.4) is 0 Å². The summed E-state index contributed by atoms with van der Waals surface area (Å²) in [5.41, 5.74) is 1.07. The Bertz CT molecular complexity index is 637. The molecule has 1 aliphatic rings. The molecule has 1 fully saturated rings. The van der Waals surface area contributed by atoms with Gasteiger partial charge in [0.05, 0.1) is 13.7 Å². The first kappa shape index (κ1) is 16.7. The van der Waals surface area contributed by atoms with Crippen LogP contribution in [-0.2, 0) is 11.3 Å². The lowest BCUT2D eigenvalue weighted by Gasteiger charge is -2.34. The molecule has 1 saturated heterocycles. The van der Waals surface area contributed by atoms with Crippen LogP contribution < -0.4 is 15.0 Å². The summed E-state index contributed by atoms with van der Waals surface area (Å²) in [6.45, 7) is 4.59. The van der Waals surface area contributed by atoms with Gasteiger partial charge in [-0.15, -0.1) is 11.3 Å². The first-order valence-electron chi connectivity index (χ1n) is 8.01. The van der Waals surface area contributed by atoms with E-state index in [0.717, 1.165) is 42.6 Å². The second kappa shape index (κ2) is 8.12. The Labute approximate surface area is 146 Å². The fourth-order valence-electron chi connectivity index (χ4n) is 2.67. The van der Waals surface area contributed by atoms with E-state index in [2.05, 4.69) is 20.1 Å². The summed E-state index contributed by atoms with van der Waals surface area (Å²) in [7, 11) is 1.64. The highest BCUT2D eigenvalue weighted by Crippen LogP contribution is 2.18. The minimum atomic E-state index is 0.0634. The molecule has 1 aromatic heterocycles. The molecule has 128 valence electrons. The fraction of sp³-hybridized carbons (Fsp3) is 0.412. The van der Waals surface area contributed by atoms with Crippen LogP contribution in [0, 0.1) is 0 Å². The topological polar surface area (TPSA) is 57.7 Å². The van der Waals surface area contributed by atoms with Crippen molar-refractivity contribution in [3.05, 3.63) is 41.4 Å². The predicted octanol–water partition coefficient (Wildman–Crippen LogP) is 1.59. The monoisotopic (exact) mass is 346 g/mol. The zero-order chi connectivity index (χ0) is 16.8. The molecule has 3 rings (SSSR count). The lowest BCUT2D eigenvalue weighted by molar-refractivity contribution is -0.122. The largest absolute Gasteiger partial charge is 0.497 e. The summed E-state index contributed by atoms with van der Waals surface area (Å²) >= 11 is 1.66. The number of benzene rings is 1. The van der Waals surface area contributed by atoms with Gasteiger partial charge in [0.2, 0.25) is 5.91 Å². The van der Waals surface area contributed by atoms with Gasteiger partial charge in [0.15, 0.2) is 5.13 Å². The van der Waals surface area contributed by atoms with E-state index in [1.165, 1.54) is 0 Å². The lowest BCUT2D eigenvalue weighted by Crippen LogP contribution is -2.49. The number of nitrogens with one attached hydrogen (secondary N) is 1. The van der Waals surface area contributed by atoms with Crippen molar-refractivity contribution in [3.63, 3.8) is 0 Å². The van der Waals surface area contributed by atoms with Gasteiger partial charge in [0, 0.05) is 44.3 Å². The molecule has 0 saturated carbocycles. The van der Waals surface area contributed by atoms with Gasteiger partial charge in [0.1, 0.15) is 5.75 Å². The minimum Gasteiger partial charge on any atom is -0.497 e. The maximum Gasteiger partial charge on any atom is 0.234 e. The van der Waals surface area contributed by atoms with Gasteiger partial charge in [-0.3, -0.25) is 9.69 Å². The summed E-state index contributed by atoms with van der Waals surface area (Å²) < 4.78 is 5.13. The number of rotatable bonds is 6. The summed E-state index contributed by atoms with van der Waals surface area (Å²) in [5.74, 6) is 0.886. The van der Waals surface area contributed by atoms with Gasteiger partial charge in [0.25, 0.3) is 0 Å². The number of piperazine rings is 1. The van der Waals surface area contributed by atoms with Crippen molar-refractivity contribution < 1.29 is 9.53 Å². The third kappa shape index (κ3) is 4.46. The molecule has 0 bridgehead atoms. The average molecular weight is 346 g/mol. The number of aromatic nitrogens is 1. The van der Waals surface area contributed by atoms with Crippen molar-refractivity contribution in [1.82, 2.24) is 15.2 Å². The van der Waals surface area contributed by atoms with E-state index in [1.807, 2.05) is 35.8 Å². The van der Waals surface area contributed by atoms with Gasteiger partial charge in [-0.05, 0) is 17.7 Å². The highest BCUT2D eigenvalue weighted by Gasteiger charge is 2.20. The molecule has 24 heavy (non-hydrogen) atoms. The van der Waals surface area contributed by atoms with Crippen molar-refractivity contribution in [2.45, 2.75) is 6.54 Å². The molecule has 1 amide bonds. The SMILES string of the molecule is COc1ccc(CNC(=O)CN2CCN(c3nccs3)CC2)cc1. The maximum absolute atomic E-state index is 12.1. The van der Waals surface area contributed by atoms with E-state index in [0.29, 0.717) is 13.1 Å². The quantitative estimate of drug-likeness (QED) is 0.861. The number of hydrogen-bond donors (Lipinski definition) is 1. The maximum atomic E-state index is 12.1. The Kier molecular flexibility index (Phi) is 5.66. The number of methoxy groups -OCH3 is 1. The van der Waals surface area contributed by atoms with Crippen LogP contribution in [-0.4, -0.2) is 55.6 Å². The molecular weight excluding hydrogens is 324 g/mol. The molecule has 1 aliphatic heterocycles. The van der Waals surface area contributed by atoms with E-state index in [-0.39, 0.29) is 5.91 Å². The summed E-state index contributed by atoms with van der Waals surface area (Å²) in [5, 5.41) is 6.04. The minimum absolute atomic E-state index is 0.0634. The molecular formula is C17H22N4O2S. The van der Waals surface area contributed by atoms with E-state index in [1.54, 1.807) is 18.4 Å². The average Bonchev–Trinajstić information content (AvgIpc) is 3.16. The normalized spacial score (nSPS) is 15.3. The fourth-order valence-corrected chi connectivity index (χ4v) is 3.37. The molecule has 0 unspecified atom stereocenters. The Morgan fingerprint density at radius 3 is 2.62 bits per heavy atom. The van der Waals surface area contributed by atoms with Gasteiger partial charge in [-0.2, -0.15) is 0 Å². The Morgan fingerprint density at radius 1 is 1.25 bits per heavy atom. The van der Waals surface area contributed by atoms with Gasteiger partial charge in [-0.1, -0.05) is 12.1 Å². The predicted molar refractivity (Wildman–Crippen MR) is 95.6 cm³/mol. The van der Waals surface area contributed by atoms with E-state index in [9.17, 15) is 4.79 Å². The van der Waals surface area contributed by atoms with Crippen LogP contribution >= 0.6 is 11.3 Å². The molecule has 2 aromatic rings. The second-order valence-electron chi connectivity index (χ2n) is 5.70. The number of hydrogen-bond acceptors (Lipinski definition) is 6. The van der Waals surface area contributed by atoms with Crippen molar-refractivity contribution in [3.8, 4) is 5.75 Å². The summed E-state index contributed by atoms with van der Waals surface area (Å²) in [6, 6.07) is 7.73. The van der Waals surface area contributed by atoms with Crippen LogP contribution in [0.1, 0.15) is 5.56 Å². The summed E-state index contributed by atoms with van der Waals surface area (Å²) in [4.78, 5) is 20.9. The van der Waals surface area contributed by atoms with Gasteiger partial charge >= 0.3 is 0 Å².